The van der Waals surface area contributed by atoms with Gasteiger partial charge in [-0.2, -0.15) is 0 Å². The molecule has 2 aromatic rings. The van der Waals surface area contributed by atoms with Crippen molar-refractivity contribution in [1.82, 2.24) is 15.1 Å². The van der Waals surface area contributed by atoms with Crippen molar-refractivity contribution in [1.29, 1.82) is 0 Å². The molecule has 4 rings (SSSR count). The van der Waals surface area contributed by atoms with Crippen LogP contribution in [0.25, 0.3) is 0 Å². The van der Waals surface area contributed by atoms with E-state index in [1.165, 1.54) is 11.6 Å². The predicted octanol–water partition coefficient (Wildman–Crippen LogP) is 3.26. The zero-order valence-electron chi connectivity index (χ0n) is 18.4. The fourth-order valence-corrected chi connectivity index (χ4v) is 4.85. The lowest BCUT2D eigenvalue weighted by Crippen LogP contribution is -2.49. The maximum Gasteiger partial charge on any atom is 0.226 e. The molecule has 1 amide bonds. The van der Waals surface area contributed by atoms with Crippen LogP contribution in [0.3, 0.4) is 0 Å². The Morgan fingerprint density at radius 1 is 1.06 bits per heavy atom. The van der Waals surface area contributed by atoms with Gasteiger partial charge in [-0.15, -0.1) is 0 Å². The van der Waals surface area contributed by atoms with E-state index < -0.39 is 0 Å². The molecule has 1 saturated carbocycles. The van der Waals surface area contributed by atoms with Crippen LogP contribution in [0.15, 0.2) is 48.5 Å². The van der Waals surface area contributed by atoms with Gasteiger partial charge < -0.3 is 19.9 Å². The number of likely N-dealkylation sites (N-methyl/N-ethyl adjacent to an activating group) is 1. The lowest BCUT2D eigenvalue weighted by molar-refractivity contribution is -0.137. The molecule has 0 spiro atoms. The molecule has 6 heteroatoms. The summed E-state index contributed by atoms with van der Waals surface area (Å²) in [4.78, 5) is 17.8. The van der Waals surface area contributed by atoms with Gasteiger partial charge in [0.15, 0.2) is 0 Å². The van der Waals surface area contributed by atoms with Crippen LogP contribution in [0.1, 0.15) is 29.9 Å². The summed E-state index contributed by atoms with van der Waals surface area (Å²) in [6.45, 7) is 3.88. The minimum Gasteiger partial charge on any atom is -0.497 e. The molecular formula is C25H32FN3O2. The number of nitrogens with one attached hydrogen (secondary N) is 1. The highest BCUT2D eigenvalue weighted by atomic mass is 19.1. The molecular weight excluding hydrogens is 393 g/mol. The smallest absolute Gasteiger partial charge is 0.226 e. The second kappa shape index (κ2) is 9.79. The molecule has 5 nitrogen and oxygen atoms in total. The van der Waals surface area contributed by atoms with Crippen molar-refractivity contribution in [2.24, 2.45) is 5.92 Å². The summed E-state index contributed by atoms with van der Waals surface area (Å²) < 4.78 is 19.3. The topological polar surface area (TPSA) is 44.8 Å². The molecule has 166 valence electrons. The molecule has 1 aliphatic heterocycles. The number of carbonyl (C=O) groups is 1. The Bertz CT molecular complexity index is 881. The molecule has 0 unspecified atom stereocenters. The highest BCUT2D eigenvalue weighted by molar-refractivity contribution is 5.80. The number of benzene rings is 2. The van der Waals surface area contributed by atoms with Crippen LogP contribution >= 0.6 is 0 Å². The van der Waals surface area contributed by atoms with Crippen molar-refractivity contribution in [3.8, 4) is 5.75 Å². The third-order valence-corrected chi connectivity index (χ3v) is 6.78. The van der Waals surface area contributed by atoms with E-state index in [0.29, 0.717) is 12.1 Å². The lowest BCUT2D eigenvalue weighted by Gasteiger charge is -2.35. The Hall–Kier alpha value is -2.44. The fourth-order valence-electron chi connectivity index (χ4n) is 4.85. The van der Waals surface area contributed by atoms with E-state index in [-0.39, 0.29) is 29.6 Å². The zero-order valence-corrected chi connectivity index (χ0v) is 18.4. The molecule has 0 radical (unpaired) electrons. The van der Waals surface area contributed by atoms with E-state index in [1.807, 2.05) is 29.2 Å². The van der Waals surface area contributed by atoms with E-state index in [1.54, 1.807) is 13.2 Å². The van der Waals surface area contributed by atoms with E-state index in [9.17, 15) is 9.18 Å². The third kappa shape index (κ3) is 5.08. The van der Waals surface area contributed by atoms with Gasteiger partial charge in [0, 0.05) is 50.2 Å². The predicted molar refractivity (Wildman–Crippen MR) is 120 cm³/mol. The van der Waals surface area contributed by atoms with Crippen LogP contribution in [0, 0.1) is 11.7 Å². The van der Waals surface area contributed by atoms with E-state index >= 15 is 0 Å². The summed E-state index contributed by atoms with van der Waals surface area (Å²) in [7, 11) is 3.76. The average molecular weight is 426 g/mol. The quantitative estimate of drug-likeness (QED) is 0.772. The lowest BCUT2D eigenvalue weighted by atomic mass is 9.87. The van der Waals surface area contributed by atoms with Crippen LogP contribution in [0.5, 0.6) is 5.75 Å². The summed E-state index contributed by atoms with van der Waals surface area (Å²) in [6.07, 6.45) is 1.64. The maximum atomic E-state index is 14.0. The first-order valence-electron chi connectivity index (χ1n) is 11.1. The number of methoxy groups -OCH3 is 1. The van der Waals surface area contributed by atoms with Crippen molar-refractivity contribution in [2.45, 2.75) is 31.3 Å². The Morgan fingerprint density at radius 3 is 2.45 bits per heavy atom. The number of rotatable bonds is 6. The number of piperazine rings is 1. The van der Waals surface area contributed by atoms with Gasteiger partial charge >= 0.3 is 0 Å². The van der Waals surface area contributed by atoms with Gasteiger partial charge in [-0.1, -0.05) is 30.3 Å². The van der Waals surface area contributed by atoms with Crippen LogP contribution in [0.4, 0.5) is 4.39 Å². The number of hydrogen-bond donors (Lipinski definition) is 1. The van der Waals surface area contributed by atoms with Crippen LogP contribution < -0.4 is 10.1 Å². The Balaban J connectivity index is 1.49. The summed E-state index contributed by atoms with van der Waals surface area (Å²) in [5, 5.41) is 3.51. The maximum absolute atomic E-state index is 14.0. The molecule has 1 saturated heterocycles. The fraction of sp³-hybridized carbons (Fsp3) is 0.480. The first kappa shape index (κ1) is 21.8. The summed E-state index contributed by atoms with van der Waals surface area (Å²) in [5.41, 5.74) is 1.83. The molecule has 1 aliphatic carbocycles. The average Bonchev–Trinajstić information content (AvgIpc) is 3.23. The molecule has 0 aromatic heterocycles. The molecule has 2 fully saturated rings. The van der Waals surface area contributed by atoms with Gasteiger partial charge in [-0.05, 0) is 49.6 Å². The van der Waals surface area contributed by atoms with Crippen molar-refractivity contribution >= 4 is 5.91 Å². The molecule has 1 N–H and O–H groups in total. The second-order valence-electron chi connectivity index (χ2n) is 8.76. The van der Waals surface area contributed by atoms with Gasteiger partial charge in [0.25, 0.3) is 0 Å². The molecule has 2 aliphatic rings. The molecule has 2 aromatic carbocycles. The Kier molecular flexibility index (Phi) is 6.88. The number of nitrogens with zero attached hydrogens (tertiary/aromatic N) is 2. The van der Waals surface area contributed by atoms with Gasteiger partial charge in [-0.25, -0.2) is 4.39 Å². The molecule has 0 bridgehead atoms. The van der Waals surface area contributed by atoms with Gasteiger partial charge in [-0.3, -0.25) is 4.79 Å². The largest absolute Gasteiger partial charge is 0.497 e. The van der Waals surface area contributed by atoms with Gasteiger partial charge in [0.2, 0.25) is 5.91 Å². The highest BCUT2D eigenvalue weighted by Gasteiger charge is 2.41. The SMILES string of the molecule is COc1ccc([C@H]2C[C@H](NCc3ccccc3F)C[C@@H]2C(=O)N2CCN(C)CC2)cc1. The van der Waals surface area contributed by atoms with E-state index in [4.69, 9.17) is 4.74 Å². The standard InChI is InChI=1S/C25H32FN3O2/c1-28-11-13-29(14-12-28)25(30)23-16-20(27-17-19-5-3-4-6-24(19)26)15-22(23)18-7-9-21(31-2)10-8-18/h3-10,20,22-23,27H,11-17H2,1-2H3/t20-,22+,23-/m0/s1. The van der Waals surface area contributed by atoms with Crippen molar-refractivity contribution in [3.63, 3.8) is 0 Å². The minimum atomic E-state index is -0.190. The van der Waals surface area contributed by atoms with Crippen LogP contribution in [0.2, 0.25) is 0 Å². The second-order valence-corrected chi connectivity index (χ2v) is 8.76. The number of amides is 1. The summed E-state index contributed by atoms with van der Waals surface area (Å²) in [5.74, 6) is 0.970. The molecule has 1 heterocycles. The minimum absolute atomic E-state index is 0.0603. The highest BCUT2D eigenvalue weighted by Crippen LogP contribution is 2.41. The van der Waals surface area contributed by atoms with E-state index in [0.717, 1.165) is 44.8 Å². The van der Waals surface area contributed by atoms with Crippen molar-refractivity contribution in [3.05, 3.63) is 65.5 Å². The van der Waals surface area contributed by atoms with Gasteiger partial charge in [0.05, 0.1) is 7.11 Å². The first-order chi connectivity index (χ1) is 15.0. The van der Waals surface area contributed by atoms with Crippen LogP contribution in [-0.4, -0.2) is 62.1 Å². The number of hydrogen-bond acceptors (Lipinski definition) is 4. The number of carbonyl (C=O) groups excluding carboxylic acids is 1. The molecule has 3 atom stereocenters. The van der Waals surface area contributed by atoms with Crippen molar-refractivity contribution in [2.75, 3.05) is 40.3 Å². The number of ether oxygens (including phenoxy) is 1. The third-order valence-electron chi connectivity index (χ3n) is 6.78. The van der Waals surface area contributed by atoms with Crippen LogP contribution in [-0.2, 0) is 11.3 Å². The Morgan fingerprint density at radius 2 is 1.77 bits per heavy atom. The summed E-state index contributed by atoms with van der Waals surface area (Å²) in [6, 6.07) is 15.1. The van der Waals surface area contributed by atoms with E-state index in [2.05, 4.69) is 29.4 Å². The van der Waals surface area contributed by atoms with Gasteiger partial charge in [0.1, 0.15) is 11.6 Å². The van der Waals surface area contributed by atoms with Crippen molar-refractivity contribution < 1.29 is 13.9 Å². The summed E-state index contributed by atoms with van der Waals surface area (Å²) >= 11 is 0. The molecule has 31 heavy (non-hydrogen) atoms. The monoisotopic (exact) mass is 425 g/mol. The normalized spacial score (nSPS) is 24.4. The number of halogens is 1. The zero-order chi connectivity index (χ0) is 21.8. The first-order valence-corrected chi connectivity index (χ1v) is 11.1. The Labute approximate surface area is 184 Å².